The number of hydrogen-bond acceptors (Lipinski definition) is 5. The monoisotopic (exact) mass is 563 g/mol. The molecular weight excluding hydrogens is 542 g/mol. The normalized spacial score (nSPS) is 21.7. The zero-order valence-electron chi connectivity index (χ0n) is 21.5. The number of imide groups is 1. The molecule has 0 N–H and O–H groups in total. The summed E-state index contributed by atoms with van der Waals surface area (Å²) in [6.07, 6.45) is 0. The molecule has 1 heterocycles. The fraction of sp³-hybridized carbons (Fsp3) is 0.156. The lowest BCUT2D eigenvalue weighted by atomic mass is 9.55. The van der Waals surface area contributed by atoms with E-state index < -0.39 is 34.5 Å². The first-order valence-electron chi connectivity index (χ1n) is 13.2. The Balaban J connectivity index is 1.33. The number of hydrazine groups is 1. The van der Waals surface area contributed by atoms with Crippen molar-refractivity contribution in [2.24, 2.45) is 11.8 Å². The van der Waals surface area contributed by atoms with E-state index >= 15 is 0 Å². The first-order valence-corrected chi connectivity index (χ1v) is 13.6. The van der Waals surface area contributed by atoms with Crippen LogP contribution in [0.15, 0.2) is 97.1 Å². The van der Waals surface area contributed by atoms with Gasteiger partial charge in [0.2, 0.25) is 0 Å². The molecule has 1 fully saturated rings. The average molecular weight is 564 g/mol. The molecule has 3 amide bonds. The van der Waals surface area contributed by atoms with E-state index in [1.807, 2.05) is 48.5 Å². The minimum Gasteiger partial charge on any atom is -0.272 e. The Bertz CT molecular complexity index is 1640. The number of non-ortho nitro benzene ring substituents is 1. The maximum atomic E-state index is 14.3. The Kier molecular flexibility index (Phi) is 5.76. The van der Waals surface area contributed by atoms with Gasteiger partial charge in [0.1, 0.15) is 0 Å². The molecule has 8 rings (SSSR count). The molecule has 1 aliphatic heterocycles. The van der Waals surface area contributed by atoms with Crippen LogP contribution in [0.4, 0.5) is 5.69 Å². The van der Waals surface area contributed by atoms with Gasteiger partial charge in [0.15, 0.2) is 0 Å². The van der Waals surface area contributed by atoms with Crippen molar-refractivity contribution in [1.29, 1.82) is 0 Å². The highest BCUT2D eigenvalue weighted by atomic mass is 35.5. The van der Waals surface area contributed by atoms with Gasteiger partial charge in [0.25, 0.3) is 23.4 Å². The summed E-state index contributed by atoms with van der Waals surface area (Å²) in [4.78, 5) is 53.3. The van der Waals surface area contributed by atoms with Crippen molar-refractivity contribution >= 4 is 35.0 Å². The molecule has 4 aromatic rings. The summed E-state index contributed by atoms with van der Waals surface area (Å²) in [5.41, 5.74) is 4.82. The van der Waals surface area contributed by atoms with Crippen LogP contribution >= 0.6 is 11.6 Å². The molecule has 41 heavy (non-hydrogen) atoms. The number of nitrogens with zero attached hydrogens (tertiary/aromatic N) is 3. The number of amides is 3. The third-order valence-electron chi connectivity index (χ3n) is 8.47. The Morgan fingerprint density at radius 3 is 1.66 bits per heavy atom. The first kappa shape index (κ1) is 25.2. The molecule has 3 aliphatic carbocycles. The predicted octanol–water partition coefficient (Wildman–Crippen LogP) is 5.70. The van der Waals surface area contributed by atoms with E-state index in [0.717, 1.165) is 27.3 Å². The van der Waals surface area contributed by atoms with Crippen LogP contribution in [-0.2, 0) is 16.1 Å². The van der Waals surface area contributed by atoms with Crippen LogP contribution in [0.1, 0.15) is 50.0 Å². The lowest BCUT2D eigenvalue weighted by molar-refractivity contribution is -0.384. The molecule has 2 bridgehead atoms. The number of benzene rings is 4. The standard InChI is InChI=1S/C32H22ClN3O5/c33-20-13-11-19(12-14-20)30(37)34(17-18-9-15-21(16-10-18)36(40)41)35-31(38)28-26-22-5-1-2-6-23(22)27(29(28)32(35)39)25-8-4-3-7-24(25)26/h1-16,26-29H,17H2/t26?,27?,28-,29-/m0/s1. The van der Waals surface area contributed by atoms with E-state index in [1.165, 1.54) is 29.3 Å². The van der Waals surface area contributed by atoms with E-state index in [2.05, 4.69) is 0 Å². The molecule has 0 radical (unpaired) electrons. The summed E-state index contributed by atoms with van der Waals surface area (Å²) in [5.74, 6) is -3.35. The topological polar surface area (TPSA) is 101 Å². The van der Waals surface area contributed by atoms with Crippen LogP contribution in [0, 0.1) is 22.0 Å². The highest BCUT2D eigenvalue weighted by Crippen LogP contribution is 2.61. The minimum atomic E-state index is -0.658. The second-order valence-corrected chi connectivity index (χ2v) is 11.0. The van der Waals surface area contributed by atoms with Gasteiger partial charge in [-0.1, -0.05) is 72.3 Å². The van der Waals surface area contributed by atoms with Crippen LogP contribution in [0.5, 0.6) is 0 Å². The van der Waals surface area contributed by atoms with Gasteiger partial charge in [-0.2, -0.15) is 5.01 Å². The maximum Gasteiger partial charge on any atom is 0.273 e. The summed E-state index contributed by atoms with van der Waals surface area (Å²) in [6, 6.07) is 27.8. The second kappa shape index (κ2) is 9.38. The Labute approximate surface area is 239 Å². The molecule has 1 saturated heterocycles. The van der Waals surface area contributed by atoms with Crippen LogP contribution in [-0.4, -0.2) is 32.7 Å². The lowest BCUT2D eigenvalue weighted by Gasteiger charge is -2.45. The molecule has 9 heteroatoms. The van der Waals surface area contributed by atoms with Crippen LogP contribution in [0.25, 0.3) is 0 Å². The predicted molar refractivity (Wildman–Crippen MR) is 150 cm³/mol. The largest absolute Gasteiger partial charge is 0.273 e. The van der Waals surface area contributed by atoms with Crippen molar-refractivity contribution in [3.63, 3.8) is 0 Å². The van der Waals surface area contributed by atoms with Crippen LogP contribution < -0.4 is 0 Å². The van der Waals surface area contributed by atoms with Crippen LogP contribution in [0.2, 0.25) is 5.02 Å². The highest BCUT2D eigenvalue weighted by molar-refractivity contribution is 6.30. The summed E-state index contributed by atoms with van der Waals surface area (Å²) in [5, 5.41) is 13.8. The van der Waals surface area contributed by atoms with Gasteiger partial charge in [-0.05, 0) is 52.1 Å². The number of nitro groups is 1. The molecule has 0 saturated carbocycles. The molecule has 0 unspecified atom stereocenters. The van der Waals surface area contributed by atoms with E-state index in [1.54, 1.807) is 24.3 Å². The summed E-state index contributed by atoms with van der Waals surface area (Å²) in [6.45, 7) is -0.133. The van der Waals surface area contributed by atoms with Crippen molar-refractivity contribution < 1.29 is 19.3 Å². The van der Waals surface area contributed by atoms with Gasteiger partial charge in [-0.3, -0.25) is 24.5 Å². The molecule has 2 atom stereocenters. The third-order valence-corrected chi connectivity index (χ3v) is 8.72. The van der Waals surface area contributed by atoms with E-state index in [0.29, 0.717) is 10.6 Å². The summed E-state index contributed by atoms with van der Waals surface area (Å²) in [7, 11) is 0. The van der Waals surface area contributed by atoms with Gasteiger partial charge < -0.3 is 0 Å². The summed E-state index contributed by atoms with van der Waals surface area (Å²) < 4.78 is 0. The fourth-order valence-electron chi connectivity index (χ4n) is 6.77. The van der Waals surface area contributed by atoms with Crippen molar-refractivity contribution in [3.05, 3.63) is 146 Å². The van der Waals surface area contributed by atoms with E-state index in [9.17, 15) is 24.5 Å². The van der Waals surface area contributed by atoms with Crippen molar-refractivity contribution in [1.82, 2.24) is 10.0 Å². The van der Waals surface area contributed by atoms with Gasteiger partial charge >= 0.3 is 0 Å². The lowest BCUT2D eigenvalue weighted by Crippen LogP contribution is -2.50. The number of hydrogen-bond donors (Lipinski definition) is 0. The smallest absolute Gasteiger partial charge is 0.272 e. The zero-order valence-corrected chi connectivity index (χ0v) is 22.3. The van der Waals surface area contributed by atoms with Gasteiger partial charge in [-0.15, -0.1) is 0 Å². The second-order valence-electron chi connectivity index (χ2n) is 10.5. The first-order chi connectivity index (χ1) is 19.8. The van der Waals surface area contributed by atoms with E-state index in [-0.39, 0.29) is 29.6 Å². The number of rotatable bonds is 5. The molecule has 4 aliphatic rings. The van der Waals surface area contributed by atoms with Gasteiger partial charge in [-0.25, -0.2) is 5.01 Å². The van der Waals surface area contributed by atoms with E-state index in [4.69, 9.17) is 11.6 Å². The summed E-state index contributed by atoms with van der Waals surface area (Å²) >= 11 is 6.05. The molecule has 8 nitrogen and oxygen atoms in total. The Hall–Kier alpha value is -4.82. The number of nitro benzene ring substituents is 1. The molecule has 0 aromatic heterocycles. The van der Waals surface area contributed by atoms with Gasteiger partial charge in [0.05, 0.1) is 23.3 Å². The highest BCUT2D eigenvalue weighted by Gasteiger charge is 2.63. The number of halogens is 1. The quantitative estimate of drug-likeness (QED) is 0.176. The molecular formula is C32H22ClN3O5. The van der Waals surface area contributed by atoms with Crippen LogP contribution in [0.3, 0.4) is 0 Å². The van der Waals surface area contributed by atoms with Crippen molar-refractivity contribution in [2.75, 3.05) is 0 Å². The Morgan fingerprint density at radius 1 is 0.756 bits per heavy atom. The minimum absolute atomic E-state index is 0.101. The third kappa shape index (κ3) is 3.78. The molecule has 0 spiro atoms. The molecule has 4 aromatic carbocycles. The maximum absolute atomic E-state index is 14.3. The Morgan fingerprint density at radius 2 is 1.22 bits per heavy atom. The number of carbonyl (C=O) groups is 3. The number of carbonyl (C=O) groups excluding carboxylic acids is 3. The zero-order chi connectivity index (χ0) is 28.4. The van der Waals surface area contributed by atoms with Crippen molar-refractivity contribution in [3.8, 4) is 0 Å². The fourth-order valence-corrected chi connectivity index (χ4v) is 6.90. The van der Waals surface area contributed by atoms with Crippen molar-refractivity contribution in [2.45, 2.75) is 18.4 Å². The molecule has 202 valence electrons. The van der Waals surface area contributed by atoms with Gasteiger partial charge in [0, 0.05) is 34.6 Å². The SMILES string of the molecule is O=C(c1ccc(Cl)cc1)N(Cc1ccc([N+](=O)[O-])cc1)N1C(=O)[C@H]2C3c4ccccc4C(c4ccccc43)[C@@H]2C1=O. The average Bonchev–Trinajstić information content (AvgIpc) is 3.26.